The van der Waals surface area contributed by atoms with Crippen LogP contribution in [0.1, 0.15) is 33.6 Å². The van der Waals surface area contributed by atoms with Gasteiger partial charge in [-0.05, 0) is 30.2 Å². The summed E-state index contributed by atoms with van der Waals surface area (Å²) in [6.07, 6.45) is 2.47. The molecular weight excluding hydrogens is 162 g/mol. The van der Waals surface area contributed by atoms with Crippen molar-refractivity contribution in [2.45, 2.75) is 33.6 Å². The Labute approximate surface area is 82.0 Å². The van der Waals surface area contributed by atoms with Gasteiger partial charge in [0.25, 0.3) is 0 Å². The smallest absolute Gasteiger partial charge is 0.0468 e. The number of hydrogen-bond acceptors (Lipinski definition) is 2. The zero-order valence-corrected chi connectivity index (χ0v) is 9.44. The predicted octanol–water partition coefficient (Wildman–Crippen LogP) is 2.05. The molecule has 1 unspecified atom stereocenters. The minimum absolute atomic E-state index is 0.384. The van der Waals surface area contributed by atoms with Gasteiger partial charge in [0, 0.05) is 20.3 Å². The summed E-state index contributed by atoms with van der Waals surface area (Å²) in [6.45, 7) is 10.2. The van der Waals surface area contributed by atoms with Gasteiger partial charge in [0.1, 0.15) is 0 Å². The minimum Gasteiger partial charge on any atom is -0.385 e. The fourth-order valence-corrected chi connectivity index (χ4v) is 2.27. The molecular formula is C11H23NO. The fourth-order valence-electron chi connectivity index (χ4n) is 2.27. The van der Waals surface area contributed by atoms with Crippen LogP contribution < -0.4 is 5.32 Å². The van der Waals surface area contributed by atoms with Crippen molar-refractivity contribution in [3.63, 3.8) is 0 Å². The van der Waals surface area contributed by atoms with Gasteiger partial charge in [-0.1, -0.05) is 20.8 Å². The van der Waals surface area contributed by atoms with Gasteiger partial charge in [-0.3, -0.25) is 0 Å². The number of rotatable bonds is 3. The first kappa shape index (κ1) is 11.0. The number of methoxy groups -OCH3 is 1. The molecule has 1 N–H and O–H groups in total. The van der Waals surface area contributed by atoms with Crippen molar-refractivity contribution in [3.05, 3.63) is 0 Å². The van der Waals surface area contributed by atoms with E-state index in [0.29, 0.717) is 10.8 Å². The number of ether oxygens (including phenoxy) is 1. The quantitative estimate of drug-likeness (QED) is 0.726. The van der Waals surface area contributed by atoms with E-state index in [1.807, 2.05) is 0 Å². The van der Waals surface area contributed by atoms with Gasteiger partial charge < -0.3 is 10.1 Å². The minimum atomic E-state index is 0.384. The number of nitrogens with one attached hydrogen (secondary N) is 1. The molecule has 0 radical (unpaired) electrons. The molecule has 1 atom stereocenters. The Bertz CT molecular complexity index is 154. The van der Waals surface area contributed by atoms with Crippen molar-refractivity contribution in [2.24, 2.45) is 10.8 Å². The summed E-state index contributed by atoms with van der Waals surface area (Å²) < 4.78 is 5.20. The Balaban J connectivity index is 2.64. The van der Waals surface area contributed by atoms with Gasteiger partial charge in [0.05, 0.1) is 0 Å². The Hall–Kier alpha value is -0.0800. The van der Waals surface area contributed by atoms with Gasteiger partial charge in [0.2, 0.25) is 0 Å². The van der Waals surface area contributed by atoms with E-state index in [1.54, 1.807) is 7.11 Å². The molecule has 1 rings (SSSR count). The van der Waals surface area contributed by atoms with Crippen LogP contribution in [-0.4, -0.2) is 26.8 Å². The van der Waals surface area contributed by atoms with E-state index in [4.69, 9.17) is 4.74 Å². The average molecular weight is 185 g/mol. The molecule has 78 valence electrons. The molecule has 13 heavy (non-hydrogen) atoms. The summed E-state index contributed by atoms with van der Waals surface area (Å²) >= 11 is 0. The maximum atomic E-state index is 5.20. The molecule has 1 saturated heterocycles. The van der Waals surface area contributed by atoms with E-state index in [2.05, 4.69) is 26.1 Å². The van der Waals surface area contributed by atoms with E-state index in [9.17, 15) is 0 Å². The second kappa shape index (κ2) is 3.97. The predicted molar refractivity (Wildman–Crippen MR) is 55.9 cm³/mol. The third-order valence-corrected chi connectivity index (χ3v) is 3.62. The van der Waals surface area contributed by atoms with E-state index in [1.165, 1.54) is 19.4 Å². The molecule has 2 nitrogen and oxygen atoms in total. The van der Waals surface area contributed by atoms with Crippen molar-refractivity contribution < 1.29 is 4.74 Å². The van der Waals surface area contributed by atoms with Gasteiger partial charge in [-0.15, -0.1) is 0 Å². The summed E-state index contributed by atoms with van der Waals surface area (Å²) in [5.74, 6) is 0. The summed E-state index contributed by atoms with van der Waals surface area (Å²) in [5.41, 5.74) is 0.831. The molecule has 1 heterocycles. The van der Waals surface area contributed by atoms with Crippen LogP contribution in [0.3, 0.4) is 0 Å². The van der Waals surface area contributed by atoms with Crippen molar-refractivity contribution >= 4 is 0 Å². The van der Waals surface area contributed by atoms with E-state index < -0.39 is 0 Å². The largest absolute Gasteiger partial charge is 0.385 e. The Morgan fingerprint density at radius 2 is 2.08 bits per heavy atom. The van der Waals surface area contributed by atoms with Crippen LogP contribution in [0.25, 0.3) is 0 Å². The summed E-state index contributed by atoms with van der Waals surface area (Å²) in [5, 5.41) is 3.47. The molecule has 2 heteroatoms. The van der Waals surface area contributed by atoms with Gasteiger partial charge >= 0.3 is 0 Å². The van der Waals surface area contributed by atoms with Gasteiger partial charge in [-0.2, -0.15) is 0 Å². The van der Waals surface area contributed by atoms with Crippen molar-refractivity contribution in [2.75, 3.05) is 26.8 Å². The fraction of sp³-hybridized carbons (Fsp3) is 1.00. The Kier molecular flexibility index (Phi) is 3.36. The van der Waals surface area contributed by atoms with Crippen molar-refractivity contribution in [1.29, 1.82) is 0 Å². The summed E-state index contributed by atoms with van der Waals surface area (Å²) in [4.78, 5) is 0. The topological polar surface area (TPSA) is 21.3 Å². The zero-order chi connectivity index (χ0) is 9.95. The lowest BCUT2D eigenvalue weighted by atomic mass is 9.64. The maximum Gasteiger partial charge on any atom is 0.0468 e. The first-order valence-corrected chi connectivity index (χ1v) is 5.21. The van der Waals surface area contributed by atoms with Crippen LogP contribution in [0.15, 0.2) is 0 Å². The average Bonchev–Trinajstić information content (AvgIpc) is 2.48. The molecule has 0 spiro atoms. The van der Waals surface area contributed by atoms with Crippen molar-refractivity contribution in [1.82, 2.24) is 5.32 Å². The molecule has 0 amide bonds. The van der Waals surface area contributed by atoms with Crippen LogP contribution in [0.4, 0.5) is 0 Å². The SMILES string of the molecule is COCCC1(C(C)(C)C)CCNC1. The van der Waals surface area contributed by atoms with E-state index in [0.717, 1.165) is 13.2 Å². The molecule has 0 bridgehead atoms. The lowest BCUT2D eigenvalue weighted by Gasteiger charge is -2.41. The second-order valence-corrected chi connectivity index (χ2v) is 5.20. The summed E-state index contributed by atoms with van der Waals surface area (Å²) in [6, 6.07) is 0. The van der Waals surface area contributed by atoms with E-state index in [-0.39, 0.29) is 0 Å². The normalized spacial score (nSPS) is 29.5. The first-order valence-electron chi connectivity index (χ1n) is 5.21. The molecule has 0 aromatic carbocycles. The molecule has 1 aliphatic rings. The lowest BCUT2D eigenvalue weighted by molar-refractivity contribution is 0.0577. The van der Waals surface area contributed by atoms with Gasteiger partial charge in [0.15, 0.2) is 0 Å². The molecule has 0 aliphatic carbocycles. The van der Waals surface area contributed by atoms with E-state index >= 15 is 0 Å². The Morgan fingerprint density at radius 1 is 1.38 bits per heavy atom. The highest BCUT2D eigenvalue weighted by Crippen LogP contribution is 2.46. The molecule has 1 fully saturated rings. The van der Waals surface area contributed by atoms with Crippen LogP contribution in [0, 0.1) is 10.8 Å². The second-order valence-electron chi connectivity index (χ2n) is 5.20. The molecule has 0 saturated carbocycles. The van der Waals surface area contributed by atoms with Crippen LogP contribution in [-0.2, 0) is 4.74 Å². The van der Waals surface area contributed by atoms with Crippen molar-refractivity contribution in [3.8, 4) is 0 Å². The first-order chi connectivity index (χ1) is 6.02. The highest BCUT2D eigenvalue weighted by atomic mass is 16.5. The highest BCUT2D eigenvalue weighted by molar-refractivity contribution is 4.96. The Morgan fingerprint density at radius 3 is 2.46 bits per heavy atom. The molecule has 1 aliphatic heterocycles. The maximum absolute atomic E-state index is 5.20. The van der Waals surface area contributed by atoms with Crippen LogP contribution in [0.5, 0.6) is 0 Å². The lowest BCUT2D eigenvalue weighted by Crippen LogP contribution is -2.38. The monoisotopic (exact) mass is 185 g/mol. The van der Waals surface area contributed by atoms with Gasteiger partial charge in [-0.25, -0.2) is 0 Å². The number of hydrogen-bond donors (Lipinski definition) is 1. The van der Waals surface area contributed by atoms with Crippen LogP contribution >= 0.6 is 0 Å². The molecule has 0 aromatic heterocycles. The third kappa shape index (κ3) is 2.23. The highest BCUT2D eigenvalue weighted by Gasteiger charge is 2.43. The standard InChI is InChI=1S/C11H23NO/c1-10(2,3)11(6-8-13-4)5-7-12-9-11/h12H,5-9H2,1-4H3. The summed E-state index contributed by atoms with van der Waals surface area (Å²) in [7, 11) is 1.79. The third-order valence-electron chi connectivity index (χ3n) is 3.62. The van der Waals surface area contributed by atoms with Crippen LogP contribution in [0.2, 0.25) is 0 Å². The molecule has 0 aromatic rings. The zero-order valence-electron chi connectivity index (χ0n) is 9.44.